The van der Waals surface area contributed by atoms with E-state index in [2.05, 4.69) is 60.4 Å². The zero-order chi connectivity index (χ0) is 27.4. The van der Waals surface area contributed by atoms with Crippen LogP contribution >= 0.6 is 35.0 Å². The summed E-state index contributed by atoms with van der Waals surface area (Å²) in [6.45, 7) is 18.1. The first-order valence-electron chi connectivity index (χ1n) is 12.4. The molecule has 0 bridgehead atoms. The molecule has 3 rings (SSSR count). The number of fused-ring (bicyclic) bond motifs is 1. The Kier molecular flexibility index (Phi) is 11.9. The van der Waals surface area contributed by atoms with E-state index in [0.717, 1.165) is 0 Å². The molecule has 0 aliphatic carbocycles. The van der Waals surface area contributed by atoms with Crippen LogP contribution < -0.4 is 11.2 Å². The number of H-pyrrole nitrogens is 1. The Hall–Kier alpha value is -0.116. The molecule has 13 heteroatoms. The Morgan fingerprint density at radius 3 is 2.03 bits per heavy atom. The number of aromatic nitrogens is 2. The van der Waals surface area contributed by atoms with Gasteiger partial charge in [0, 0.05) is 19.4 Å². The van der Waals surface area contributed by atoms with E-state index in [1.54, 1.807) is 23.4 Å². The molecule has 1 aromatic heterocycles. The minimum atomic E-state index is -2.78. The Labute approximate surface area is 231 Å². The molecule has 2 aliphatic rings. The van der Waals surface area contributed by atoms with Crippen LogP contribution in [0, 0.1) is 0 Å². The van der Waals surface area contributed by atoms with Gasteiger partial charge in [0.15, 0.2) is 0 Å². The number of rotatable bonds is 6. The number of methoxy groups -OCH3 is 1. The Bertz CT molecular complexity index is 945. The Morgan fingerprint density at radius 2 is 1.58 bits per heavy atom. The van der Waals surface area contributed by atoms with Gasteiger partial charge in [-0.3, -0.25) is 14.3 Å². The summed E-state index contributed by atoms with van der Waals surface area (Å²) in [6.07, 6.45) is 0.872. The van der Waals surface area contributed by atoms with Crippen molar-refractivity contribution in [2.75, 3.05) is 19.1 Å². The predicted octanol–water partition coefficient (Wildman–Crippen LogP) is 5.54. The van der Waals surface area contributed by atoms with Crippen molar-refractivity contribution in [3.05, 3.63) is 33.1 Å². The number of aromatic amines is 1. The first-order valence-corrected chi connectivity index (χ1v) is 18.4. The number of alkyl halides is 2. The molecule has 1 unspecified atom stereocenters. The Morgan fingerprint density at radius 1 is 1.06 bits per heavy atom. The molecule has 0 saturated carbocycles. The monoisotopic (exact) mass is 600 g/mol. The maximum Gasteiger partial charge on any atom is 0.335 e. The summed E-state index contributed by atoms with van der Waals surface area (Å²) in [4.78, 5) is 26.6. The van der Waals surface area contributed by atoms with Crippen LogP contribution in [0.15, 0.2) is 21.9 Å². The maximum absolute atomic E-state index is 12.6. The van der Waals surface area contributed by atoms with Crippen LogP contribution in [0.5, 0.6) is 0 Å². The van der Waals surface area contributed by atoms with Gasteiger partial charge in [-0.05, 0) is 22.2 Å². The highest BCUT2D eigenvalue weighted by Crippen LogP contribution is 2.52. The van der Waals surface area contributed by atoms with Gasteiger partial charge in [0.2, 0.25) is 0 Å². The van der Waals surface area contributed by atoms with Gasteiger partial charge >= 0.3 is 22.8 Å². The second-order valence-electron chi connectivity index (χ2n) is 10.4. The predicted molar refractivity (Wildman–Crippen MR) is 153 cm³/mol. The number of hydrogen-bond acceptors (Lipinski definition) is 7. The molecule has 0 amide bonds. The molecule has 0 aromatic carbocycles. The lowest BCUT2D eigenvalue weighted by Gasteiger charge is -2.51. The number of thioether (sulfide) groups is 1. The number of nitrogens with one attached hydrogen (secondary N) is 1. The molecule has 36 heavy (non-hydrogen) atoms. The molecular formula is C23H42Cl2N2O6SSi2. The van der Waals surface area contributed by atoms with Crippen molar-refractivity contribution in [3.8, 4) is 0 Å². The van der Waals surface area contributed by atoms with Gasteiger partial charge in [0.1, 0.15) is 11.5 Å². The molecule has 8 nitrogen and oxygen atoms in total. The summed E-state index contributed by atoms with van der Waals surface area (Å²) in [5, 5.41) is -0.160. The smallest absolute Gasteiger partial charge is 0.335 e. The lowest BCUT2D eigenvalue weighted by molar-refractivity contribution is -0.0316. The van der Waals surface area contributed by atoms with E-state index in [9.17, 15) is 9.59 Å². The number of nitrogens with zero attached hydrogens (tertiary/aromatic N) is 1. The SMILES string of the molecule is CO[C@H]1C(n2ccc(=O)[nH]c2=O)S[C@@H]2CO[Si](C(C)C)(C(C)C)O[Si](C(C)C)(C(C)C)O[C@H]21.ClCCl. The average Bonchev–Trinajstić information content (AvgIpc) is 3.09. The highest BCUT2D eigenvalue weighted by molar-refractivity contribution is 8.00. The molecule has 2 fully saturated rings. The summed E-state index contributed by atoms with van der Waals surface area (Å²) < 4.78 is 28.7. The summed E-state index contributed by atoms with van der Waals surface area (Å²) in [5.74, 6) is 0. The van der Waals surface area contributed by atoms with Gasteiger partial charge in [-0.1, -0.05) is 55.4 Å². The summed E-state index contributed by atoms with van der Waals surface area (Å²) in [6, 6.07) is 1.37. The summed E-state index contributed by atoms with van der Waals surface area (Å²) in [7, 11) is -3.76. The van der Waals surface area contributed by atoms with E-state index >= 15 is 0 Å². The molecule has 0 spiro atoms. The number of hydrogen-bond donors (Lipinski definition) is 1. The van der Waals surface area contributed by atoms with Crippen molar-refractivity contribution in [2.24, 2.45) is 0 Å². The fourth-order valence-corrected chi connectivity index (χ4v) is 18.3. The fourth-order valence-electron chi connectivity index (χ4n) is 5.23. The molecule has 2 saturated heterocycles. The third-order valence-electron chi connectivity index (χ3n) is 7.01. The van der Waals surface area contributed by atoms with Crippen molar-refractivity contribution in [2.45, 2.75) is 100 Å². The number of halogens is 2. The minimum Gasteiger partial charge on any atom is -0.414 e. The van der Waals surface area contributed by atoms with E-state index in [0.29, 0.717) is 6.61 Å². The second kappa shape index (κ2) is 13.3. The molecule has 1 aromatic rings. The van der Waals surface area contributed by atoms with Crippen LogP contribution in [0.3, 0.4) is 0 Å². The van der Waals surface area contributed by atoms with Crippen LogP contribution in [0.25, 0.3) is 0 Å². The summed E-state index contributed by atoms with van der Waals surface area (Å²) in [5.41, 5.74) is 0.0948. The third kappa shape index (κ3) is 6.36. The zero-order valence-electron chi connectivity index (χ0n) is 22.7. The minimum absolute atomic E-state index is 0.0172. The number of ether oxygens (including phenoxy) is 1. The van der Waals surface area contributed by atoms with Gasteiger partial charge in [-0.2, -0.15) is 0 Å². The fraction of sp³-hybridized carbons (Fsp3) is 0.826. The van der Waals surface area contributed by atoms with E-state index in [4.69, 9.17) is 40.9 Å². The molecule has 1 N–H and O–H groups in total. The van der Waals surface area contributed by atoms with E-state index in [1.807, 2.05) is 0 Å². The van der Waals surface area contributed by atoms with E-state index in [1.165, 1.54) is 12.3 Å². The molecule has 2 aliphatic heterocycles. The second-order valence-corrected chi connectivity index (χ2v) is 21.5. The van der Waals surface area contributed by atoms with Crippen LogP contribution in [0.4, 0.5) is 0 Å². The van der Waals surface area contributed by atoms with E-state index < -0.39 is 28.4 Å². The quantitative estimate of drug-likeness (QED) is 0.338. The highest BCUT2D eigenvalue weighted by Gasteiger charge is 2.61. The van der Waals surface area contributed by atoms with Gasteiger partial charge in [-0.25, -0.2) is 4.79 Å². The average molecular weight is 602 g/mol. The van der Waals surface area contributed by atoms with Crippen molar-refractivity contribution < 1.29 is 17.7 Å². The standard InChI is InChI=1S/C22H40N2O6SSi2.CH2Cl2/c1-13(2)32(14(3)4)28-12-17-19(29-33(30-32,15(5)6)16(7)8)20(27-9)21(31-17)24-11-10-18(25)23-22(24)26;2-1-3/h10-11,13-17,19-21H,12H2,1-9H3,(H,23,25,26);1H2/t17-,19-,20-,21?;/m1./s1. The highest BCUT2D eigenvalue weighted by atomic mass is 35.5. The molecule has 4 atom stereocenters. The van der Waals surface area contributed by atoms with Gasteiger partial charge in [-0.15, -0.1) is 35.0 Å². The lowest BCUT2D eigenvalue weighted by atomic mass is 10.1. The van der Waals surface area contributed by atoms with Crippen molar-refractivity contribution in [1.82, 2.24) is 9.55 Å². The topological polar surface area (TPSA) is 91.8 Å². The molecule has 208 valence electrons. The largest absolute Gasteiger partial charge is 0.414 e. The van der Waals surface area contributed by atoms with Crippen molar-refractivity contribution in [3.63, 3.8) is 0 Å². The van der Waals surface area contributed by atoms with Crippen molar-refractivity contribution in [1.29, 1.82) is 0 Å². The van der Waals surface area contributed by atoms with Gasteiger partial charge < -0.3 is 17.7 Å². The Balaban J connectivity index is 0.00000145. The third-order valence-corrected chi connectivity index (χ3v) is 18.8. The zero-order valence-corrected chi connectivity index (χ0v) is 27.1. The van der Waals surface area contributed by atoms with Crippen LogP contribution in [0.2, 0.25) is 22.2 Å². The molecule has 3 heterocycles. The van der Waals surface area contributed by atoms with Gasteiger partial charge in [0.25, 0.3) is 5.56 Å². The van der Waals surface area contributed by atoms with Crippen LogP contribution in [-0.2, 0) is 17.7 Å². The maximum atomic E-state index is 12.6. The molecule has 0 radical (unpaired) electrons. The first-order chi connectivity index (χ1) is 16.8. The van der Waals surface area contributed by atoms with E-state index in [-0.39, 0.29) is 50.3 Å². The van der Waals surface area contributed by atoms with Crippen molar-refractivity contribution >= 4 is 52.1 Å². The molecular weight excluding hydrogens is 559 g/mol. The van der Waals surface area contributed by atoms with Gasteiger partial charge in [0.05, 0.1) is 23.3 Å². The lowest BCUT2D eigenvalue weighted by Crippen LogP contribution is -2.65. The summed E-state index contributed by atoms with van der Waals surface area (Å²) >= 11 is 11.2. The normalized spacial score (nSPS) is 27.5. The van der Waals surface area contributed by atoms with Crippen LogP contribution in [0.1, 0.15) is 60.8 Å². The van der Waals surface area contributed by atoms with Crippen LogP contribution in [-0.4, -0.2) is 63.2 Å². The first kappa shape index (κ1) is 32.1.